The number of aliphatic carboxylic acids is 1. The average molecular weight is 155 g/mol. The number of nitrogens with one attached hydrogen (secondary N) is 1. The van der Waals surface area contributed by atoms with Gasteiger partial charge in [0, 0.05) is 19.5 Å². The SMILES string of the molecule is O=C(O)CCC1CC12CNC2. The van der Waals surface area contributed by atoms with Gasteiger partial charge in [-0.3, -0.25) is 4.79 Å². The van der Waals surface area contributed by atoms with Gasteiger partial charge in [0.15, 0.2) is 0 Å². The van der Waals surface area contributed by atoms with Gasteiger partial charge in [0.25, 0.3) is 0 Å². The molecule has 2 N–H and O–H groups in total. The summed E-state index contributed by atoms with van der Waals surface area (Å²) in [6, 6.07) is 0. The Morgan fingerprint density at radius 3 is 2.73 bits per heavy atom. The van der Waals surface area contributed by atoms with Gasteiger partial charge < -0.3 is 10.4 Å². The van der Waals surface area contributed by atoms with Crippen molar-refractivity contribution in [2.45, 2.75) is 19.3 Å². The number of hydrogen-bond acceptors (Lipinski definition) is 2. The molecule has 1 saturated carbocycles. The van der Waals surface area contributed by atoms with Crippen molar-refractivity contribution in [1.82, 2.24) is 5.32 Å². The minimum absolute atomic E-state index is 0.354. The number of carbonyl (C=O) groups is 1. The van der Waals surface area contributed by atoms with Crippen LogP contribution in [0, 0.1) is 11.3 Å². The summed E-state index contributed by atoms with van der Waals surface area (Å²) >= 11 is 0. The summed E-state index contributed by atoms with van der Waals surface area (Å²) in [7, 11) is 0. The minimum atomic E-state index is -0.653. The molecule has 1 aliphatic heterocycles. The fourth-order valence-corrected chi connectivity index (χ4v) is 2.02. The molecule has 1 heterocycles. The van der Waals surface area contributed by atoms with Crippen molar-refractivity contribution in [1.29, 1.82) is 0 Å². The van der Waals surface area contributed by atoms with Crippen LogP contribution in [0.3, 0.4) is 0 Å². The van der Waals surface area contributed by atoms with Crippen LogP contribution in [0.1, 0.15) is 19.3 Å². The lowest BCUT2D eigenvalue weighted by Gasteiger charge is -2.28. The lowest BCUT2D eigenvalue weighted by Crippen LogP contribution is -2.45. The molecule has 3 heteroatoms. The molecular formula is C8H13NO2. The molecule has 11 heavy (non-hydrogen) atoms. The van der Waals surface area contributed by atoms with E-state index in [9.17, 15) is 4.79 Å². The quantitative estimate of drug-likeness (QED) is 0.622. The molecule has 2 fully saturated rings. The highest BCUT2D eigenvalue weighted by Gasteiger charge is 2.57. The van der Waals surface area contributed by atoms with Gasteiger partial charge in [0.05, 0.1) is 0 Å². The van der Waals surface area contributed by atoms with E-state index in [2.05, 4.69) is 5.32 Å². The summed E-state index contributed by atoms with van der Waals surface area (Å²) in [4.78, 5) is 10.2. The fraction of sp³-hybridized carbons (Fsp3) is 0.875. The number of hydrogen-bond donors (Lipinski definition) is 2. The van der Waals surface area contributed by atoms with Crippen molar-refractivity contribution < 1.29 is 9.90 Å². The second kappa shape index (κ2) is 2.21. The van der Waals surface area contributed by atoms with Crippen molar-refractivity contribution in [3.05, 3.63) is 0 Å². The molecule has 1 spiro atoms. The van der Waals surface area contributed by atoms with Crippen molar-refractivity contribution in [2.75, 3.05) is 13.1 Å². The lowest BCUT2D eigenvalue weighted by atomic mass is 9.95. The van der Waals surface area contributed by atoms with Gasteiger partial charge >= 0.3 is 5.97 Å². The van der Waals surface area contributed by atoms with Crippen LogP contribution in [-0.4, -0.2) is 24.2 Å². The third-order valence-corrected chi connectivity index (χ3v) is 3.02. The first-order valence-electron chi connectivity index (χ1n) is 4.15. The van der Waals surface area contributed by atoms with Crippen LogP contribution in [-0.2, 0) is 4.79 Å². The maximum absolute atomic E-state index is 10.2. The van der Waals surface area contributed by atoms with Crippen LogP contribution >= 0.6 is 0 Å². The molecule has 0 bridgehead atoms. The summed E-state index contributed by atoms with van der Waals surface area (Å²) in [6.07, 6.45) is 2.50. The fourth-order valence-electron chi connectivity index (χ4n) is 2.02. The summed E-state index contributed by atoms with van der Waals surface area (Å²) in [6.45, 7) is 2.24. The first-order valence-corrected chi connectivity index (χ1v) is 4.15. The molecule has 3 nitrogen and oxygen atoms in total. The third kappa shape index (κ3) is 1.13. The number of carboxylic acids is 1. The van der Waals surface area contributed by atoms with Crippen LogP contribution < -0.4 is 5.32 Å². The highest BCUT2D eigenvalue weighted by Crippen LogP contribution is 2.57. The predicted octanol–water partition coefficient (Wildman–Crippen LogP) is 0.461. The highest BCUT2D eigenvalue weighted by atomic mass is 16.4. The van der Waals surface area contributed by atoms with Crippen molar-refractivity contribution in [3.63, 3.8) is 0 Å². The Morgan fingerprint density at radius 2 is 2.36 bits per heavy atom. The molecule has 2 rings (SSSR count). The van der Waals surface area contributed by atoms with Crippen molar-refractivity contribution in [3.8, 4) is 0 Å². The Bertz CT molecular complexity index is 187. The van der Waals surface area contributed by atoms with Gasteiger partial charge in [-0.2, -0.15) is 0 Å². The van der Waals surface area contributed by atoms with Gasteiger partial charge in [0.2, 0.25) is 0 Å². The molecule has 1 atom stereocenters. The van der Waals surface area contributed by atoms with E-state index in [1.807, 2.05) is 0 Å². The van der Waals surface area contributed by atoms with Crippen LogP contribution in [0.25, 0.3) is 0 Å². The van der Waals surface area contributed by atoms with E-state index >= 15 is 0 Å². The first kappa shape index (κ1) is 7.10. The van der Waals surface area contributed by atoms with Crippen LogP contribution in [0.15, 0.2) is 0 Å². The average Bonchev–Trinajstić information content (AvgIpc) is 2.55. The maximum atomic E-state index is 10.2. The molecule has 0 aromatic rings. The molecule has 62 valence electrons. The van der Waals surface area contributed by atoms with E-state index in [4.69, 9.17) is 5.11 Å². The van der Waals surface area contributed by atoms with E-state index < -0.39 is 5.97 Å². The Kier molecular flexibility index (Phi) is 1.42. The summed E-state index contributed by atoms with van der Waals surface area (Å²) in [5.41, 5.74) is 0.551. The molecular weight excluding hydrogens is 142 g/mol. The van der Waals surface area contributed by atoms with E-state index in [0.717, 1.165) is 19.5 Å². The van der Waals surface area contributed by atoms with Crippen molar-refractivity contribution >= 4 is 5.97 Å². The van der Waals surface area contributed by atoms with Gasteiger partial charge in [-0.05, 0) is 24.2 Å². The summed E-state index contributed by atoms with van der Waals surface area (Å²) < 4.78 is 0. The van der Waals surface area contributed by atoms with Crippen LogP contribution in [0.4, 0.5) is 0 Å². The molecule has 0 aromatic heterocycles. The van der Waals surface area contributed by atoms with Gasteiger partial charge in [0.1, 0.15) is 0 Å². The second-order valence-corrected chi connectivity index (χ2v) is 3.80. The molecule has 0 amide bonds. The molecule has 0 radical (unpaired) electrons. The summed E-state index contributed by atoms with van der Waals surface area (Å²) in [5, 5.41) is 11.7. The monoisotopic (exact) mass is 155 g/mol. The highest BCUT2D eigenvalue weighted by molar-refractivity contribution is 5.66. The number of rotatable bonds is 3. The van der Waals surface area contributed by atoms with E-state index in [1.54, 1.807) is 0 Å². The molecule has 1 saturated heterocycles. The maximum Gasteiger partial charge on any atom is 0.303 e. The smallest absolute Gasteiger partial charge is 0.303 e. The largest absolute Gasteiger partial charge is 0.481 e. The molecule has 0 aromatic carbocycles. The third-order valence-electron chi connectivity index (χ3n) is 3.02. The minimum Gasteiger partial charge on any atom is -0.481 e. The van der Waals surface area contributed by atoms with Gasteiger partial charge in [-0.15, -0.1) is 0 Å². The van der Waals surface area contributed by atoms with Crippen LogP contribution in [0.5, 0.6) is 0 Å². The summed E-state index contributed by atoms with van der Waals surface area (Å²) in [5.74, 6) is 0.0548. The lowest BCUT2D eigenvalue weighted by molar-refractivity contribution is -0.137. The van der Waals surface area contributed by atoms with E-state index in [-0.39, 0.29) is 0 Å². The number of carboxylic acid groups (broad SMARTS) is 1. The standard InChI is InChI=1S/C8H13NO2/c10-7(11)2-1-6-3-8(6)4-9-5-8/h6,9H,1-5H2,(H,10,11). The zero-order chi connectivity index (χ0) is 7.90. The van der Waals surface area contributed by atoms with E-state index in [1.165, 1.54) is 6.42 Å². The molecule has 1 aliphatic carbocycles. The second-order valence-electron chi connectivity index (χ2n) is 3.80. The molecule has 2 aliphatic rings. The topological polar surface area (TPSA) is 49.3 Å². The Balaban J connectivity index is 1.71. The normalized spacial score (nSPS) is 31.5. The van der Waals surface area contributed by atoms with Crippen molar-refractivity contribution in [2.24, 2.45) is 11.3 Å². The van der Waals surface area contributed by atoms with Crippen LogP contribution in [0.2, 0.25) is 0 Å². The zero-order valence-corrected chi connectivity index (χ0v) is 6.47. The zero-order valence-electron chi connectivity index (χ0n) is 6.47. The molecule has 1 unspecified atom stereocenters. The van der Waals surface area contributed by atoms with E-state index in [0.29, 0.717) is 17.8 Å². The Hall–Kier alpha value is -0.570. The van der Waals surface area contributed by atoms with Gasteiger partial charge in [-0.1, -0.05) is 0 Å². The Morgan fingerprint density at radius 1 is 1.64 bits per heavy atom. The van der Waals surface area contributed by atoms with Gasteiger partial charge in [-0.25, -0.2) is 0 Å². The predicted molar refractivity (Wildman–Crippen MR) is 40.3 cm³/mol. The Labute approximate surface area is 65.8 Å². The first-order chi connectivity index (χ1) is 5.23.